The third-order valence-electron chi connectivity index (χ3n) is 3.43. The van der Waals surface area contributed by atoms with Gasteiger partial charge in [-0.1, -0.05) is 28.1 Å². The second kappa shape index (κ2) is 8.59. The van der Waals surface area contributed by atoms with Gasteiger partial charge < -0.3 is 19.5 Å². The van der Waals surface area contributed by atoms with Crippen molar-refractivity contribution in [3.8, 4) is 17.2 Å². The van der Waals surface area contributed by atoms with Gasteiger partial charge in [0.25, 0.3) is 5.91 Å². The van der Waals surface area contributed by atoms with Gasteiger partial charge in [-0.25, -0.2) is 0 Å². The van der Waals surface area contributed by atoms with Crippen molar-refractivity contribution >= 4 is 21.8 Å². The fourth-order valence-electron chi connectivity index (χ4n) is 2.19. The summed E-state index contributed by atoms with van der Waals surface area (Å²) < 4.78 is 17.2. The molecule has 1 atom stereocenters. The van der Waals surface area contributed by atoms with Crippen LogP contribution in [0.3, 0.4) is 0 Å². The summed E-state index contributed by atoms with van der Waals surface area (Å²) in [6.45, 7) is 2.04. The topological polar surface area (TPSA) is 56.8 Å². The highest BCUT2D eigenvalue weighted by Gasteiger charge is 2.16. The Morgan fingerprint density at radius 1 is 1.12 bits per heavy atom. The van der Waals surface area contributed by atoms with E-state index in [4.69, 9.17) is 14.2 Å². The van der Waals surface area contributed by atoms with Crippen LogP contribution in [0.25, 0.3) is 0 Å². The Labute approximate surface area is 150 Å². The molecule has 1 N–H and O–H groups in total. The molecule has 0 saturated carbocycles. The van der Waals surface area contributed by atoms with Gasteiger partial charge in [-0.15, -0.1) is 0 Å². The number of hydrogen-bond donors (Lipinski definition) is 1. The quantitative estimate of drug-likeness (QED) is 0.781. The molecule has 0 aliphatic rings. The third kappa shape index (κ3) is 4.64. The Bertz CT molecular complexity index is 688. The van der Waals surface area contributed by atoms with Crippen molar-refractivity contribution in [2.45, 2.75) is 19.6 Å². The summed E-state index contributed by atoms with van der Waals surface area (Å²) in [6, 6.07) is 12.9. The summed E-state index contributed by atoms with van der Waals surface area (Å²) in [4.78, 5) is 12.2. The predicted octanol–water partition coefficient (Wildman–Crippen LogP) is 3.55. The van der Waals surface area contributed by atoms with E-state index in [1.54, 1.807) is 33.3 Å². The molecule has 0 saturated heterocycles. The molecule has 0 heterocycles. The van der Waals surface area contributed by atoms with E-state index in [1.165, 1.54) is 0 Å². The zero-order valence-electron chi connectivity index (χ0n) is 13.8. The minimum atomic E-state index is -0.609. The Kier molecular flexibility index (Phi) is 6.49. The van der Waals surface area contributed by atoms with E-state index in [9.17, 15) is 4.79 Å². The predicted molar refractivity (Wildman–Crippen MR) is 95.6 cm³/mol. The van der Waals surface area contributed by atoms with Gasteiger partial charge in [0, 0.05) is 16.6 Å². The molecule has 1 amide bonds. The van der Waals surface area contributed by atoms with Crippen molar-refractivity contribution in [1.82, 2.24) is 5.32 Å². The fraction of sp³-hybridized carbons (Fsp3) is 0.278. The molecule has 0 aromatic heterocycles. The second-order valence-electron chi connectivity index (χ2n) is 5.08. The van der Waals surface area contributed by atoms with Crippen molar-refractivity contribution in [2.24, 2.45) is 0 Å². The number of benzene rings is 2. The van der Waals surface area contributed by atoms with Gasteiger partial charge >= 0.3 is 0 Å². The summed E-state index contributed by atoms with van der Waals surface area (Å²) in [5.74, 6) is 1.67. The van der Waals surface area contributed by atoms with Gasteiger partial charge in [0.15, 0.2) is 17.6 Å². The lowest BCUT2D eigenvalue weighted by Gasteiger charge is -2.16. The minimum Gasteiger partial charge on any atom is -0.493 e. The summed E-state index contributed by atoms with van der Waals surface area (Å²) in [7, 11) is 3.15. The van der Waals surface area contributed by atoms with Crippen LogP contribution in [-0.4, -0.2) is 26.2 Å². The Morgan fingerprint density at radius 3 is 2.46 bits per heavy atom. The molecular weight excluding hydrogens is 374 g/mol. The average molecular weight is 394 g/mol. The molecule has 2 aromatic rings. The lowest BCUT2D eigenvalue weighted by Crippen LogP contribution is -2.36. The number of nitrogens with one attached hydrogen (secondary N) is 1. The third-order valence-corrected chi connectivity index (χ3v) is 3.96. The van der Waals surface area contributed by atoms with E-state index in [1.807, 2.05) is 30.3 Å². The standard InChI is InChI=1S/C18H20BrNO4/c1-12(24-15-9-7-14(19)8-10-15)18(21)20-11-13-5-4-6-16(22-2)17(13)23-3/h4-10,12H,11H2,1-3H3,(H,20,21). The SMILES string of the molecule is COc1cccc(CNC(=O)C(C)Oc2ccc(Br)cc2)c1OC. The van der Waals surface area contributed by atoms with Crippen LogP contribution in [0.5, 0.6) is 17.2 Å². The van der Waals surface area contributed by atoms with Crippen molar-refractivity contribution in [3.05, 3.63) is 52.5 Å². The largest absolute Gasteiger partial charge is 0.493 e. The highest BCUT2D eigenvalue weighted by molar-refractivity contribution is 9.10. The summed E-state index contributed by atoms with van der Waals surface area (Å²) >= 11 is 3.36. The molecule has 0 radical (unpaired) electrons. The Hall–Kier alpha value is -2.21. The van der Waals surface area contributed by atoms with Crippen LogP contribution in [0.4, 0.5) is 0 Å². The van der Waals surface area contributed by atoms with Crippen molar-refractivity contribution < 1.29 is 19.0 Å². The van der Waals surface area contributed by atoms with Crippen LogP contribution in [0, 0.1) is 0 Å². The van der Waals surface area contributed by atoms with Gasteiger partial charge in [-0.2, -0.15) is 0 Å². The summed E-state index contributed by atoms with van der Waals surface area (Å²) in [5.41, 5.74) is 0.834. The molecule has 5 nitrogen and oxygen atoms in total. The summed E-state index contributed by atoms with van der Waals surface area (Å²) in [5, 5.41) is 2.85. The Balaban J connectivity index is 1.96. The van der Waals surface area contributed by atoms with E-state index in [-0.39, 0.29) is 5.91 Å². The first-order valence-electron chi connectivity index (χ1n) is 7.45. The van der Waals surface area contributed by atoms with E-state index < -0.39 is 6.10 Å². The van der Waals surface area contributed by atoms with Crippen LogP contribution < -0.4 is 19.5 Å². The smallest absolute Gasteiger partial charge is 0.261 e. The number of methoxy groups -OCH3 is 2. The number of carbonyl (C=O) groups excluding carboxylic acids is 1. The minimum absolute atomic E-state index is 0.206. The number of carbonyl (C=O) groups is 1. The zero-order chi connectivity index (χ0) is 17.5. The maximum absolute atomic E-state index is 12.2. The molecule has 6 heteroatoms. The molecule has 0 bridgehead atoms. The van der Waals surface area contributed by atoms with Gasteiger partial charge in [0.05, 0.1) is 14.2 Å². The van der Waals surface area contributed by atoms with Crippen molar-refractivity contribution in [1.29, 1.82) is 0 Å². The second-order valence-corrected chi connectivity index (χ2v) is 6.00. The average Bonchev–Trinajstić information content (AvgIpc) is 2.60. The normalized spacial score (nSPS) is 11.5. The zero-order valence-corrected chi connectivity index (χ0v) is 15.4. The molecule has 128 valence electrons. The summed E-state index contributed by atoms with van der Waals surface area (Å²) in [6.07, 6.45) is -0.609. The number of amides is 1. The Morgan fingerprint density at radius 2 is 1.83 bits per heavy atom. The van der Waals surface area contributed by atoms with Crippen LogP contribution in [0.2, 0.25) is 0 Å². The molecule has 2 aromatic carbocycles. The number of ether oxygens (including phenoxy) is 3. The molecule has 1 unspecified atom stereocenters. The maximum atomic E-state index is 12.2. The van der Waals surface area contributed by atoms with Gasteiger partial charge in [-0.3, -0.25) is 4.79 Å². The van der Waals surface area contributed by atoms with E-state index in [2.05, 4.69) is 21.2 Å². The maximum Gasteiger partial charge on any atom is 0.261 e. The van der Waals surface area contributed by atoms with Gasteiger partial charge in [0.1, 0.15) is 5.75 Å². The first-order valence-corrected chi connectivity index (χ1v) is 8.24. The van der Waals surface area contributed by atoms with Gasteiger partial charge in [-0.05, 0) is 37.3 Å². The van der Waals surface area contributed by atoms with E-state index >= 15 is 0 Å². The van der Waals surface area contributed by atoms with Gasteiger partial charge in [0.2, 0.25) is 0 Å². The highest BCUT2D eigenvalue weighted by Crippen LogP contribution is 2.30. The fourth-order valence-corrected chi connectivity index (χ4v) is 2.45. The lowest BCUT2D eigenvalue weighted by molar-refractivity contribution is -0.127. The number of halogens is 1. The van der Waals surface area contributed by atoms with Crippen LogP contribution in [0.1, 0.15) is 12.5 Å². The first-order chi connectivity index (χ1) is 11.5. The molecule has 0 aliphatic carbocycles. The molecule has 0 spiro atoms. The van der Waals surface area contributed by atoms with Crippen LogP contribution >= 0.6 is 15.9 Å². The van der Waals surface area contributed by atoms with Crippen LogP contribution in [-0.2, 0) is 11.3 Å². The highest BCUT2D eigenvalue weighted by atomic mass is 79.9. The first kappa shape index (κ1) is 18.1. The monoisotopic (exact) mass is 393 g/mol. The van der Waals surface area contributed by atoms with E-state index in [0.717, 1.165) is 10.0 Å². The number of hydrogen-bond acceptors (Lipinski definition) is 4. The molecular formula is C18H20BrNO4. The van der Waals surface area contributed by atoms with Crippen LogP contribution in [0.15, 0.2) is 46.9 Å². The molecule has 0 fully saturated rings. The molecule has 0 aliphatic heterocycles. The molecule has 24 heavy (non-hydrogen) atoms. The van der Waals surface area contributed by atoms with Crippen molar-refractivity contribution in [3.63, 3.8) is 0 Å². The van der Waals surface area contributed by atoms with E-state index in [0.29, 0.717) is 23.8 Å². The number of rotatable bonds is 7. The number of para-hydroxylation sites is 1. The molecule has 2 rings (SSSR count). The van der Waals surface area contributed by atoms with Crippen molar-refractivity contribution in [2.75, 3.05) is 14.2 Å². The lowest BCUT2D eigenvalue weighted by atomic mass is 10.2.